The van der Waals surface area contributed by atoms with Gasteiger partial charge in [0.05, 0.1) is 21.3 Å². The molecule has 1 saturated heterocycles. The standard InChI is InChI=1S/C21H29N3O2S.2ClH/c1-4-26-17-13-21(22,20(17,2)3)19(25)24-11-9-14(10-12-24)18-23-15-7-5-6-8-16(15)27-18;;/h5-8,14,17H,4,9-13,22H2,1-3H3;2*1H. The van der Waals surface area contributed by atoms with Gasteiger partial charge in [-0.05, 0) is 31.9 Å². The number of rotatable bonds is 4. The molecule has 8 heteroatoms. The summed E-state index contributed by atoms with van der Waals surface area (Å²) < 4.78 is 7.01. The number of thiazole rings is 1. The first-order valence-electron chi connectivity index (χ1n) is 9.92. The molecule has 5 nitrogen and oxygen atoms in total. The molecule has 0 bridgehead atoms. The summed E-state index contributed by atoms with van der Waals surface area (Å²) in [6.07, 6.45) is 2.59. The number of likely N-dealkylation sites (tertiary alicyclic amines) is 1. The number of hydrogen-bond acceptors (Lipinski definition) is 5. The lowest BCUT2D eigenvalue weighted by Gasteiger charge is -2.59. The molecule has 2 heterocycles. The topological polar surface area (TPSA) is 68.5 Å². The predicted octanol–water partition coefficient (Wildman–Crippen LogP) is 4.38. The molecule has 1 aliphatic carbocycles. The minimum atomic E-state index is -0.810. The molecule has 162 valence electrons. The number of ether oxygens (including phenoxy) is 1. The fourth-order valence-corrected chi connectivity index (χ4v) is 5.61. The predicted molar refractivity (Wildman–Crippen MR) is 123 cm³/mol. The molecule has 2 aliphatic rings. The van der Waals surface area contributed by atoms with E-state index in [1.165, 1.54) is 9.71 Å². The van der Waals surface area contributed by atoms with Crippen LogP contribution in [-0.4, -0.2) is 47.1 Å². The van der Waals surface area contributed by atoms with E-state index in [2.05, 4.69) is 32.0 Å². The van der Waals surface area contributed by atoms with Crippen molar-refractivity contribution in [2.24, 2.45) is 11.1 Å². The number of piperidine rings is 1. The van der Waals surface area contributed by atoms with Gasteiger partial charge in [-0.25, -0.2) is 4.98 Å². The lowest BCUT2D eigenvalue weighted by atomic mass is 9.54. The van der Waals surface area contributed by atoms with Crippen LogP contribution < -0.4 is 5.73 Å². The fourth-order valence-electron chi connectivity index (χ4n) is 4.47. The van der Waals surface area contributed by atoms with Gasteiger partial charge in [-0.15, -0.1) is 36.2 Å². The van der Waals surface area contributed by atoms with Gasteiger partial charge in [0.2, 0.25) is 5.91 Å². The highest BCUT2D eigenvalue weighted by Crippen LogP contribution is 2.51. The molecule has 4 rings (SSSR count). The number of aromatic nitrogens is 1. The molecule has 2 aromatic rings. The second-order valence-corrected chi connectivity index (χ2v) is 9.49. The summed E-state index contributed by atoms with van der Waals surface area (Å²) in [4.78, 5) is 20.0. The van der Waals surface area contributed by atoms with E-state index in [1.54, 1.807) is 11.3 Å². The number of nitrogens with two attached hydrogens (primary N) is 1. The first kappa shape index (κ1) is 24.4. The van der Waals surface area contributed by atoms with Crippen molar-refractivity contribution in [2.45, 2.75) is 57.6 Å². The van der Waals surface area contributed by atoms with Crippen molar-refractivity contribution in [1.29, 1.82) is 0 Å². The van der Waals surface area contributed by atoms with Crippen LogP contribution in [0.4, 0.5) is 0 Å². The second-order valence-electron chi connectivity index (χ2n) is 8.43. The Bertz CT molecular complexity index is 818. The number of benzene rings is 1. The van der Waals surface area contributed by atoms with Gasteiger partial charge in [-0.1, -0.05) is 26.0 Å². The Morgan fingerprint density at radius 1 is 1.28 bits per heavy atom. The molecule has 2 N–H and O–H groups in total. The molecular weight excluding hydrogens is 429 g/mol. The Kier molecular flexibility index (Phi) is 7.61. The SMILES string of the molecule is CCOC1CC(N)(C(=O)N2CCC(c3nc4ccccc4s3)CC2)C1(C)C.Cl.Cl. The minimum Gasteiger partial charge on any atom is -0.378 e. The van der Waals surface area contributed by atoms with E-state index < -0.39 is 5.54 Å². The summed E-state index contributed by atoms with van der Waals surface area (Å²) in [7, 11) is 0. The summed E-state index contributed by atoms with van der Waals surface area (Å²) in [5.41, 5.74) is 6.53. The van der Waals surface area contributed by atoms with Crippen molar-refractivity contribution in [1.82, 2.24) is 9.88 Å². The third-order valence-corrected chi connectivity index (χ3v) is 7.85. The maximum absolute atomic E-state index is 13.2. The number of nitrogens with zero attached hydrogens (tertiary/aromatic N) is 2. The smallest absolute Gasteiger partial charge is 0.243 e. The average Bonchev–Trinajstić information content (AvgIpc) is 3.11. The highest BCUT2D eigenvalue weighted by atomic mass is 35.5. The van der Waals surface area contributed by atoms with Crippen LogP contribution in [0.15, 0.2) is 24.3 Å². The van der Waals surface area contributed by atoms with E-state index in [0.29, 0.717) is 18.9 Å². The largest absolute Gasteiger partial charge is 0.378 e. The molecule has 1 aromatic heterocycles. The Balaban J connectivity index is 0.00000150. The van der Waals surface area contributed by atoms with Crippen molar-refractivity contribution in [2.75, 3.05) is 19.7 Å². The van der Waals surface area contributed by atoms with Crippen molar-refractivity contribution in [3.63, 3.8) is 0 Å². The first-order valence-corrected chi connectivity index (χ1v) is 10.7. The van der Waals surface area contributed by atoms with Crippen LogP contribution in [0.5, 0.6) is 0 Å². The highest BCUT2D eigenvalue weighted by molar-refractivity contribution is 7.18. The fraction of sp³-hybridized carbons (Fsp3) is 0.619. The summed E-state index contributed by atoms with van der Waals surface area (Å²) in [5.74, 6) is 0.525. The molecule has 0 radical (unpaired) electrons. The van der Waals surface area contributed by atoms with Crippen LogP contribution in [0.2, 0.25) is 0 Å². The molecule has 1 saturated carbocycles. The summed E-state index contributed by atoms with van der Waals surface area (Å²) >= 11 is 1.78. The maximum atomic E-state index is 13.2. The van der Waals surface area contributed by atoms with E-state index in [-0.39, 0.29) is 42.2 Å². The van der Waals surface area contributed by atoms with Gasteiger partial charge in [0.1, 0.15) is 5.54 Å². The van der Waals surface area contributed by atoms with Gasteiger partial charge in [0.15, 0.2) is 0 Å². The van der Waals surface area contributed by atoms with E-state index in [0.717, 1.165) is 31.4 Å². The summed E-state index contributed by atoms with van der Waals surface area (Å²) in [6, 6.07) is 8.28. The molecular formula is C21H31Cl2N3O2S. The van der Waals surface area contributed by atoms with Crippen LogP contribution in [0.1, 0.15) is 51.0 Å². The number of fused-ring (bicyclic) bond motifs is 1. The number of carbonyl (C=O) groups is 1. The Morgan fingerprint density at radius 2 is 1.93 bits per heavy atom. The first-order chi connectivity index (χ1) is 12.9. The van der Waals surface area contributed by atoms with Crippen molar-refractivity contribution in [3.05, 3.63) is 29.3 Å². The molecule has 2 fully saturated rings. The van der Waals surface area contributed by atoms with Crippen molar-refractivity contribution < 1.29 is 9.53 Å². The molecule has 2 atom stereocenters. The molecule has 1 aromatic carbocycles. The Labute approximate surface area is 189 Å². The average molecular weight is 460 g/mol. The third-order valence-electron chi connectivity index (χ3n) is 6.65. The van der Waals surface area contributed by atoms with E-state index in [9.17, 15) is 4.79 Å². The number of hydrogen-bond donors (Lipinski definition) is 1. The van der Waals surface area contributed by atoms with E-state index in [4.69, 9.17) is 15.5 Å². The Morgan fingerprint density at radius 3 is 2.52 bits per heavy atom. The second kappa shape index (κ2) is 9.06. The van der Waals surface area contributed by atoms with E-state index in [1.807, 2.05) is 17.9 Å². The van der Waals surface area contributed by atoms with Gasteiger partial charge in [-0.2, -0.15) is 0 Å². The summed E-state index contributed by atoms with van der Waals surface area (Å²) in [5, 5.41) is 1.20. The van der Waals surface area contributed by atoms with Gasteiger partial charge in [0, 0.05) is 37.5 Å². The van der Waals surface area contributed by atoms with E-state index >= 15 is 0 Å². The Hall–Kier alpha value is -0.920. The minimum absolute atomic E-state index is 0. The number of halogens is 2. The zero-order valence-electron chi connectivity index (χ0n) is 17.2. The number of carbonyl (C=O) groups excluding carboxylic acids is 1. The van der Waals surface area contributed by atoms with Crippen LogP contribution in [0.3, 0.4) is 0 Å². The van der Waals surface area contributed by atoms with Crippen LogP contribution in [-0.2, 0) is 9.53 Å². The van der Waals surface area contributed by atoms with Gasteiger partial charge in [0.25, 0.3) is 0 Å². The molecule has 1 aliphatic heterocycles. The normalized spacial score (nSPS) is 26.3. The zero-order chi connectivity index (χ0) is 19.2. The molecule has 1 amide bonds. The van der Waals surface area contributed by atoms with Crippen molar-refractivity contribution in [3.8, 4) is 0 Å². The lowest BCUT2D eigenvalue weighted by molar-refractivity contribution is -0.180. The number of amides is 1. The molecule has 29 heavy (non-hydrogen) atoms. The number of para-hydroxylation sites is 1. The monoisotopic (exact) mass is 459 g/mol. The summed E-state index contributed by atoms with van der Waals surface area (Å²) in [6.45, 7) is 8.28. The third kappa shape index (κ3) is 4.02. The van der Waals surface area contributed by atoms with Gasteiger partial charge < -0.3 is 15.4 Å². The maximum Gasteiger partial charge on any atom is 0.243 e. The lowest BCUT2D eigenvalue weighted by Crippen LogP contribution is -2.76. The molecule has 2 unspecified atom stereocenters. The zero-order valence-corrected chi connectivity index (χ0v) is 19.7. The van der Waals surface area contributed by atoms with Gasteiger partial charge in [-0.3, -0.25) is 4.79 Å². The van der Waals surface area contributed by atoms with Crippen LogP contribution in [0, 0.1) is 5.41 Å². The van der Waals surface area contributed by atoms with Gasteiger partial charge >= 0.3 is 0 Å². The highest BCUT2D eigenvalue weighted by Gasteiger charge is 2.63. The van der Waals surface area contributed by atoms with Crippen molar-refractivity contribution >= 4 is 52.3 Å². The van der Waals surface area contributed by atoms with Crippen LogP contribution >= 0.6 is 36.2 Å². The quantitative estimate of drug-likeness (QED) is 0.736. The van der Waals surface area contributed by atoms with Crippen LogP contribution in [0.25, 0.3) is 10.2 Å². The molecule has 0 spiro atoms.